The van der Waals surface area contributed by atoms with E-state index in [0.29, 0.717) is 36.7 Å². The molecule has 1 aliphatic rings. The molecule has 1 aliphatic heterocycles. The van der Waals surface area contributed by atoms with Crippen LogP contribution in [0.2, 0.25) is 0 Å². The van der Waals surface area contributed by atoms with E-state index >= 15 is 0 Å². The molecule has 1 aromatic heterocycles. The summed E-state index contributed by atoms with van der Waals surface area (Å²) in [7, 11) is 0. The van der Waals surface area contributed by atoms with Crippen LogP contribution in [0.15, 0.2) is 47.3 Å². The van der Waals surface area contributed by atoms with Crippen molar-refractivity contribution < 1.29 is 32.6 Å². The first kappa shape index (κ1) is 28.5. The van der Waals surface area contributed by atoms with Gasteiger partial charge >= 0.3 is 6.18 Å². The Morgan fingerprint density at radius 1 is 1.13 bits per heavy atom. The molecule has 0 bridgehead atoms. The Morgan fingerprint density at radius 2 is 1.87 bits per heavy atom. The summed E-state index contributed by atoms with van der Waals surface area (Å²) in [6.45, 7) is 1.70. The lowest BCUT2D eigenvalue weighted by molar-refractivity contribution is -0.138. The van der Waals surface area contributed by atoms with Crippen molar-refractivity contribution in [3.63, 3.8) is 0 Å². The van der Waals surface area contributed by atoms with Gasteiger partial charge in [-0.3, -0.25) is 9.59 Å². The minimum absolute atomic E-state index is 0.0762. The van der Waals surface area contributed by atoms with Gasteiger partial charge in [-0.1, -0.05) is 6.07 Å². The predicted molar refractivity (Wildman–Crippen MR) is 137 cm³/mol. The predicted octanol–water partition coefficient (Wildman–Crippen LogP) is 3.19. The van der Waals surface area contributed by atoms with Gasteiger partial charge < -0.3 is 30.7 Å². The van der Waals surface area contributed by atoms with Crippen LogP contribution in [0.25, 0.3) is 10.9 Å². The molecule has 1 amide bonds. The first-order valence-corrected chi connectivity index (χ1v) is 12.6. The molecule has 1 saturated heterocycles. The summed E-state index contributed by atoms with van der Waals surface area (Å²) in [5, 5.41) is 27.1. The number of amides is 1. The minimum Gasteiger partial charge on any atom is -0.506 e. The molecule has 5 N–H and O–H groups in total. The van der Waals surface area contributed by atoms with Gasteiger partial charge in [0.25, 0.3) is 0 Å². The van der Waals surface area contributed by atoms with E-state index < -0.39 is 36.1 Å². The molecule has 39 heavy (non-hydrogen) atoms. The summed E-state index contributed by atoms with van der Waals surface area (Å²) in [5.74, 6) is -1.30. The normalized spacial score (nSPS) is 15.9. The number of aliphatic hydroxyl groups excluding tert-OH is 1. The summed E-state index contributed by atoms with van der Waals surface area (Å²) in [5.41, 5.74) is -0.798. The number of phenols is 1. The molecule has 1 unspecified atom stereocenters. The zero-order chi connectivity index (χ0) is 28.2. The van der Waals surface area contributed by atoms with Crippen LogP contribution < -0.4 is 16.2 Å². The molecule has 1 fully saturated rings. The smallest absolute Gasteiger partial charge is 0.416 e. The fraction of sp³-hybridized carbons (Fsp3) is 0.407. The Labute approximate surface area is 221 Å². The van der Waals surface area contributed by atoms with Crippen molar-refractivity contribution in [2.24, 2.45) is 0 Å². The number of nitrogens with zero attached hydrogens (tertiary/aromatic N) is 1. The molecular weight excluding hydrogens is 520 g/mol. The summed E-state index contributed by atoms with van der Waals surface area (Å²) in [6.07, 6.45) is -3.85. The molecule has 2 aromatic carbocycles. The van der Waals surface area contributed by atoms with Crippen LogP contribution in [0.4, 0.5) is 17.6 Å². The number of nitrogens with one attached hydrogen (secondary N) is 3. The summed E-state index contributed by atoms with van der Waals surface area (Å²) >= 11 is 0. The second-order valence-electron chi connectivity index (χ2n) is 9.65. The molecule has 4 rings (SSSR count). The van der Waals surface area contributed by atoms with Crippen LogP contribution in [-0.4, -0.2) is 58.2 Å². The van der Waals surface area contributed by atoms with Crippen molar-refractivity contribution in [2.45, 2.75) is 44.1 Å². The number of carbonyl (C=O) groups excluding carboxylic acids is 1. The van der Waals surface area contributed by atoms with Gasteiger partial charge in [0, 0.05) is 43.5 Å². The fourth-order valence-corrected chi connectivity index (χ4v) is 4.83. The number of pyridine rings is 1. The zero-order valence-corrected chi connectivity index (χ0v) is 21.0. The van der Waals surface area contributed by atoms with E-state index in [1.807, 2.05) is 0 Å². The summed E-state index contributed by atoms with van der Waals surface area (Å²) in [6, 6.07) is 8.28. The molecule has 2 heterocycles. The van der Waals surface area contributed by atoms with Gasteiger partial charge in [-0.15, -0.1) is 0 Å². The van der Waals surface area contributed by atoms with Crippen LogP contribution in [0, 0.1) is 5.82 Å². The molecule has 12 heteroatoms. The second-order valence-corrected chi connectivity index (χ2v) is 9.65. The zero-order valence-electron chi connectivity index (χ0n) is 21.0. The number of benzene rings is 2. The van der Waals surface area contributed by atoms with Gasteiger partial charge in [0.05, 0.1) is 17.2 Å². The van der Waals surface area contributed by atoms with E-state index in [2.05, 4.69) is 20.5 Å². The van der Waals surface area contributed by atoms with E-state index in [0.717, 1.165) is 25.0 Å². The molecule has 0 aliphatic carbocycles. The maximum absolute atomic E-state index is 13.4. The number of halogens is 4. The van der Waals surface area contributed by atoms with Gasteiger partial charge in [0.1, 0.15) is 11.6 Å². The van der Waals surface area contributed by atoms with E-state index in [-0.39, 0.29) is 41.4 Å². The average molecular weight is 551 g/mol. The van der Waals surface area contributed by atoms with E-state index in [9.17, 15) is 37.4 Å². The molecule has 8 nitrogen and oxygen atoms in total. The highest BCUT2D eigenvalue weighted by Gasteiger charge is 2.33. The number of aromatic amines is 1. The Kier molecular flexibility index (Phi) is 8.88. The van der Waals surface area contributed by atoms with E-state index in [4.69, 9.17) is 0 Å². The van der Waals surface area contributed by atoms with Crippen LogP contribution in [0.3, 0.4) is 0 Å². The van der Waals surface area contributed by atoms with Crippen molar-refractivity contribution >= 4 is 16.8 Å². The van der Waals surface area contributed by atoms with E-state index in [1.54, 1.807) is 12.1 Å². The van der Waals surface area contributed by atoms with Crippen LogP contribution in [0.1, 0.15) is 42.1 Å². The van der Waals surface area contributed by atoms with Crippen molar-refractivity contribution in [3.8, 4) is 5.75 Å². The van der Waals surface area contributed by atoms with Crippen LogP contribution in [-0.2, 0) is 17.5 Å². The lowest BCUT2D eigenvalue weighted by atomic mass is 10.0. The molecule has 3 aromatic rings. The van der Waals surface area contributed by atoms with Gasteiger partial charge in [-0.25, -0.2) is 4.39 Å². The Morgan fingerprint density at radius 3 is 2.59 bits per heavy atom. The monoisotopic (exact) mass is 550 g/mol. The van der Waals surface area contributed by atoms with Crippen molar-refractivity contribution in [2.75, 3.05) is 26.2 Å². The number of aliphatic hydroxyl groups is 1. The summed E-state index contributed by atoms with van der Waals surface area (Å²) < 4.78 is 52.8. The number of H-pyrrole nitrogens is 1. The van der Waals surface area contributed by atoms with E-state index in [1.165, 1.54) is 12.1 Å². The highest BCUT2D eigenvalue weighted by molar-refractivity contribution is 5.87. The number of likely N-dealkylation sites (tertiary alicyclic amines) is 1. The van der Waals surface area contributed by atoms with Crippen molar-refractivity contribution in [3.05, 3.63) is 75.3 Å². The van der Waals surface area contributed by atoms with Crippen molar-refractivity contribution in [1.29, 1.82) is 0 Å². The van der Waals surface area contributed by atoms with Gasteiger partial charge in [-0.05, 0) is 67.4 Å². The number of piperidine rings is 1. The number of phenolic OH excluding ortho intramolecular Hbond substituents is 1. The first-order chi connectivity index (χ1) is 18.5. The number of rotatable bonds is 9. The molecule has 1 atom stereocenters. The second kappa shape index (κ2) is 12.1. The molecular formula is C27H30F4N4O4. The number of alkyl halides is 3. The number of hydrogen-bond donors (Lipinski definition) is 5. The third-order valence-electron chi connectivity index (χ3n) is 6.96. The third-order valence-corrected chi connectivity index (χ3v) is 6.96. The third kappa shape index (κ3) is 7.34. The van der Waals surface area contributed by atoms with Crippen molar-refractivity contribution in [1.82, 2.24) is 20.5 Å². The minimum atomic E-state index is -4.64. The molecule has 210 valence electrons. The number of aromatic nitrogens is 1. The maximum atomic E-state index is 13.4. The largest absolute Gasteiger partial charge is 0.506 e. The van der Waals surface area contributed by atoms with Gasteiger partial charge in [0.2, 0.25) is 11.5 Å². The number of hydrogen-bond acceptors (Lipinski definition) is 6. The highest BCUT2D eigenvalue weighted by atomic mass is 19.4. The van der Waals surface area contributed by atoms with Gasteiger partial charge in [-0.2, -0.15) is 13.2 Å². The molecule has 0 radical (unpaired) electrons. The Balaban J connectivity index is 1.20. The molecule has 0 spiro atoms. The lowest BCUT2D eigenvalue weighted by Crippen LogP contribution is -2.44. The SMILES string of the molecule is O=C(CCN1CCC(NCC(O)c2ccc(O)c3[nH]c(=O)ccc23)CC1)NCc1cc(F)ccc1C(F)(F)F. The first-order valence-electron chi connectivity index (χ1n) is 12.6. The Hall–Kier alpha value is -3.48. The quantitative estimate of drug-likeness (QED) is 0.261. The fourth-order valence-electron chi connectivity index (χ4n) is 4.83. The topological polar surface area (TPSA) is 118 Å². The van der Waals surface area contributed by atoms with Crippen LogP contribution in [0.5, 0.6) is 5.75 Å². The number of aromatic hydroxyl groups is 1. The van der Waals surface area contributed by atoms with Gasteiger partial charge in [0.15, 0.2) is 0 Å². The number of fused-ring (bicyclic) bond motifs is 1. The number of carbonyl (C=O) groups is 1. The summed E-state index contributed by atoms with van der Waals surface area (Å²) in [4.78, 5) is 28.5. The average Bonchev–Trinajstić information content (AvgIpc) is 2.89. The highest BCUT2D eigenvalue weighted by Crippen LogP contribution is 2.32. The molecule has 0 saturated carbocycles. The van der Waals surface area contributed by atoms with Crippen LogP contribution >= 0.6 is 0 Å². The maximum Gasteiger partial charge on any atom is 0.416 e. The Bertz CT molecular complexity index is 1370. The lowest BCUT2D eigenvalue weighted by Gasteiger charge is -2.32. The standard InChI is InChI=1S/C27H30F4N4O4/c28-17-1-4-21(27(29,30)31)16(13-17)14-33-24(38)9-12-35-10-7-18(8-11-35)32-15-23(37)19-2-5-22(36)26-20(19)3-6-25(39)34-26/h1-6,13,18,23,32,36-37H,7-12,14-15H2,(H,33,38)(H,34,39).